The van der Waals surface area contributed by atoms with Crippen molar-refractivity contribution < 1.29 is 27.1 Å². The van der Waals surface area contributed by atoms with Crippen LogP contribution in [0.3, 0.4) is 0 Å². The maximum Gasteiger partial charge on any atom is 0.419 e. The van der Waals surface area contributed by atoms with E-state index in [4.69, 9.17) is 4.74 Å². The average Bonchev–Trinajstić information content (AvgIpc) is 3.08. The number of fused-ring (bicyclic) bond motifs is 1. The summed E-state index contributed by atoms with van der Waals surface area (Å²) >= 11 is 0.894. The van der Waals surface area contributed by atoms with E-state index >= 15 is 0 Å². The van der Waals surface area contributed by atoms with E-state index in [1.54, 1.807) is 13.1 Å². The molecular formula is C23H17F4N3O5S. The maximum atomic E-state index is 14.1. The molecule has 0 aliphatic heterocycles. The zero-order chi connectivity index (χ0) is 26.4. The lowest BCUT2D eigenvalue weighted by molar-refractivity contribution is -0.140. The summed E-state index contributed by atoms with van der Waals surface area (Å²) in [6.07, 6.45) is -4.17. The molecule has 0 saturated carbocycles. The first-order valence-electron chi connectivity index (χ1n) is 10.4. The molecule has 36 heavy (non-hydrogen) atoms. The summed E-state index contributed by atoms with van der Waals surface area (Å²) in [5.41, 5.74) is -4.47. The second-order valence-electron chi connectivity index (χ2n) is 7.66. The number of hydrogen-bond acceptors (Lipinski definition) is 6. The number of rotatable bonds is 5. The fraction of sp³-hybridized carbons (Fsp3) is 0.217. The Morgan fingerprint density at radius 3 is 2.50 bits per heavy atom. The lowest BCUT2D eigenvalue weighted by Gasteiger charge is -2.16. The third-order valence-electron chi connectivity index (χ3n) is 5.43. The number of thiazole rings is 1. The van der Waals surface area contributed by atoms with Crippen molar-refractivity contribution in [2.45, 2.75) is 19.6 Å². The topological polar surface area (TPSA) is 92.3 Å². The lowest BCUT2D eigenvalue weighted by Crippen LogP contribution is -2.42. The monoisotopic (exact) mass is 523 g/mol. The molecule has 8 nitrogen and oxygen atoms in total. The molecule has 0 radical (unpaired) electrons. The summed E-state index contributed by atoms with van der Waals surface area (Å²) in [5.74, 6) is -2.66. The van der Waals surface area contributed by atoms with E-state index in [-0.39, 0.29) is 17.2 Å². The Kier molecular flexibility index (Phi) is 6.43. The number of carbonyl (C=O) groups excluding carboxylic acids is 1. The second kappa shape index (κ2) is 9.22. The van der Waals surface area contributed by atoms with Crippen LogP contribution in [-0.4, -0.2) is 26.3 Å². The van der Waals surface area contributed by atoms with Crippen LogP contribution in [0.4, 0.5) is 17.6 Å². The number of ether oxygens (including phenoxy) is 1. The van der Waals surface area contributed by atoms with Crippen LogP contribution in [0, 0.1) is 5.82 Å². The molecule has 2 aromatic carbocycles. The fourth-order valence-electron chi connectivity index (χ4n) is 3.74. The molecular weight excluding hydrogens is 506 g/mol. The summed E-state index contributed by atoms with van der Waals surface area (Å²) < 4.78 is 62.8. The highest BCUT2D eigenvalue weighted by Gasteiger charge is 2.37. The van der Waals surface area contributed by atoms with Gasteiger partial charge in [-0.3, -0.25) is 18.7 Å². The lowest BCUT2D eigenvalue weighted by atomic mass is 10.1. The zero-order valence-electron chi connectivity index (χ0n) is 18.8. The van der Waals surface area contributed by atoms with Gasteiger partial charge in [0.15, 0.2) is 0 Å². The number of nitrogens with zero attached hydrogens (tertiary/aromatic N) is 3. The van der Waals surface area contributed by atoms with Crippen molar-refractivity contribution in [3.63, 3.8) is 0 Å². The van der Waals surface area contributed by atoms with Gasteiger partial charge in [0.1, 0.15) is 11.4 Å². The molecule has 0 saturated heterocycles. The molecule has 13 heteroatoms. The van der Waals surface area contributed by atoms with Crippen LogP contribution in [0.2, 0.25) is 0 Å². The molecule has 0 fully saturated rings. The largest absolute Gasteiger partial charge is 0.462 e. The number of esters is 1. The summed E-state index contributed by atoms with van der Waals surface area (Å²) in [6, 6.07) is 7.03. The summed E-state index contributed by atoms with van der Waals surface area (Å²) in [4.78, 5) is 50.5. The molecule has 2 aromatic heterocycles. The van der Waals surface area contributed by atoms with Gasteiger partial charge in [-0.05, 0) is 36.8 Å². The molecule has 2 heterocycles. The quantitative estimate of drug-likeness (QED) is 0.296. The Morgan fingerprint density at radius 2 is 1.83 bits per heavy atom. The van der Waals surface area contributed by atoms with E-state index < -0.39 is 52.4 Å². The van der Waals surface area contributed by atoms with Gasteiger partial charge in [-0.15, -0.1) is 0 Å². The van der Waals surface area contributed by atoms with Gasteiger partial charge in [-0.2, -0.15) is 13.2 Å². The molecule has 0 spiro atoms. The van der Waals surface area contributed by atoms with Crippen molar-refractivity contribution in [3.05, 3.63) is 95.6 Å². The number of aromatic nitrogens is 3. The smallest absolute Gasteiger partial charge is 0.419 e. The van der Waals surface area contributed by atoms with Crippen LogP contribution >= 0.6 is 11.3 Å². The van der Waals surface area contributed by atoms with E-state index in [2.05, 4.69) is 0 Å². The molecule has 0 aliphatic rings. The van der Waals surface area contributed by atoms with Gasteiger partial charge in [-0.1, -0.05) is 23.5 Å². The number of benzene rings is 2. The van der Waals surface area contributed by atoms with Gasteiger partial charge in [0.05, 0.1) is 34.6 Å². The first-order valence-corrected chi connectivity index (χ1v) is 11.2. The summed E-state index contributed by atoms with van der Waals surface area (Å²) in [5, 5.41) is 0. The maximum absolute atomic E-state index is 14.1. The van der Waals surface area contributed by atoms with Gasteiger partial charge in [-0.25, -0.2) is 14.0 Å². The Hall–Kier alpha value is -4.00. The highest BCUT2D eigenvalue weighted by atomic mass is 32.1. The van der Waals surface area contributed by atoms with E-state index in [0.717, 1.165) is 34.2 Å². The van der Waals surface area contributed by atoms with Crippen molar-refractivity contribution in [1.82, 2.24) is 13.7 Å². The van der Waals surface area contributed by atoms with E-state index in [1.165, 1.54) is 23.6 Å². The van der Waals surface area contributed by atoms with Crippen LogP contribution in [0.1, 0.15) is 28.4 Å². The molecule has 0 atom stereocenters. The Morgan fingerprint density at radius 1 is 1.11 bits per heavy atom. The highest BCUT2D eigenvalue weighted by molar-refractivity contribution is 7.16. The van der Waals surface area contributed by atoms with Crippen molar-refractivity contribution in [3.8, 4) is 5.69 Å². The first kappa shape index (κ1) is 25.1. The Labute approximate surface area is 203 Å². The second-order valence-corrected chi connectivity index (χ2v) is 8.65. The average molecular weight is 523 g/mol. The number of carbonyl (C=O) groups is 1. The fourth-order valence-corrected chi connectivity index (χ4v) is 4.65. The van der Waals surface area contributed by atoms with E-state index in [9.17, 15) is 36.7 Å². The predicted molar refractivity (Wildman–Crippen MR) is 123 cm³/mol. The van der Waals surface area contributed by atoms with Gasteiger partial charge < -0.3 is 9.30 Å². The van der Waals surface area contributed by atoms with Crippen LogP contribution in [0.5, 0.6) is 0 Å². The Balaban J connectivity index is 1.98. The number of alkyl halides is 3. The van der Waals surface area contributed by atoms with Crippen molar-refractivity contribution >= 4 is 27.5 Å². The number of hydrogen-bond donors (Lipinski definition) is 0. The molecule has 0 amide bonds. The van der Waals surface area contributed by atoms with Crippen LogP contribution in [0.25, 0.3) is 15.9 Å². The minimum absolute atomic E-state index is 0.108. The zero-order valence-corrected chi connectivity index (χ0v) is 19.6. The van der Waals surface area contributed by atoms with Crippen LogP contribution in [0.15, 0.2) is 57.0 Å². The third kappa shape index (κ3) is 4.37. The minimum Gasteiger partial charge on any atom is -0.462 e. The highest BCUT2D eigenvalue weighted by Crippen LogP contribution is 2.34. The van der Waals surface area contributed by atoms with Crippen molar-refractivity contribution in [2.75, 3.05) is 6.61 Å². The molecule has 188 valence electrons. The van der Waals surface area contributed by atoms with Gasteiger partial charge in [0, 0.05) is 13.2 Å². The number of halogens is 4. The Bertz CT molecular complexity index is 1680. The van der Waals surface area contributed by atoms with Crippen LogP contribution in [-0.2, 0) is 24.5 Å². The van der Waals surface area contributed by atoms with Gasteiger partial charge in [0.2, 0.25) is 0 Å². The van der Waals surface area contributed by atoms with Crippen LogP contribution < -0.4 is 16.1 Å². The number of aryl methyl sites for hydroxylation is 1. The SMILES string of the molecule is CCOC(=O)c1cn(-c2ccc3c(c2)sc(=O)n3C)c(=O)n(Cc2cccc(F)c2C(F)(F)F)c1=O. The molecule has 0 bridgehead atoms. The predicted octanol–water partition coefficient (Wildman–Crippen LogP) is 3.30. The first-order chi connectivity index (χ1) is 16.9. The van der Waals surface area contributed by atoms with Gasteiger partial charge >= 0.3 is 22.7 Å². The molecule has 0 unspecified atom stereocenters. The third-order valence-corrected chi connectivity index (χ3v) is 6.43. The van der Waals surface area contributed by atoms with Crippen molar-refractivity contribution in [1.29, 1.82) is 0 Å². The van der Waals surface area contributed by atoms with Crippen molar-refractivity contribution in [2.24, 2.45) is 7.05 Å². The summed E-state index contributed by atoms with van der Waals surface area (Å²) in [6.45, 7) is 0.419. The van der Waals surface area contributed by atoms with Gasteiger partial charge in [0.25, 0.3) is 5.56 Å². The molecule has 0 aliphatic carbocycles. The standard InChI is InChI=1S/C23H17F4N3O5S/c1-3-35-20(32)14-11-29(13-7-8-16-17(9-13)36-22(34)28(16)2)21(33)30(19(14)31)10-12-5-4-6-15(24)18(12)23(25,26)27/h4-9,11H,3,10H2,1-2H3. The normalized spacial score (nSPS) is 11.7. The van der Waals surface area contributed by atoms with E-state index in [1.807, 2.05) is 0 Å². The molecule has 0 N–H and O–H groups in total. The molecule has 4 aromatic rings. The van der Waals surface area contributed by atoms with E-state index in [0.29, 0.717) is 20.9 Å². The minimum atomic E-state index is -5.10. The summed E-state index contributed by atoms with van der Waals surface area (Å²) in [7, 11) is 1.56. The molecule has 4 rings (SSSR count).